The van der Waals surface area contributed by atoms with Gasteiger partial charge in [0.25, 0.3) is 0 Å². The van der Waals surface area contributed by atoms with E-state index in [0.29, 0.717) is 26.1 Å². The third kappa shape index (κ3) is 5.33. The van der Waals surface area contributed by atoms with Gasteiger partial charge in [-0.15, -0.1) is 11.3 Å². The van der Waals surface area contributed by atoms with E-state index >= 15 is 0 Å². The van der Waals surface area contributed by atoms with Gasteiger partial charge in [-0.05, 0) is 69.6 Å². The Labute approximate surface area is 260 Å². The number of anilines is 1. The molecule has 0 spiro atoms. The van der Waals surface area contributed by atoms with Crippen LogP contribution < -0.4 is 4.90 Å². The third-order valence-corrected chi connectivity index (χ3v) is 9.89. The van der Waals surface area contributed by atoms with E-state index < -0.39 is 0 Å². The van der Waals surface area contributed by atoms with E-state index in [9.17, 15) is 14.7 Å². The van der Waals surface area contributed by atoms with Crippen molar-refractivity contribution in [2.24, 2.45) is 0 Å². The van der Waals surface area contributed by atoms with Gasteiger partial charge in [0, 0.05) is 42.2 Å². The average Bonchev–Trinajstić information content (AvgIpc) is 3.64. The molecular formula is C36H31N3O4S. The second kappa shape index (κ2) is 12.0. The molecule has 1 unspecified atom stereocenters. The maximum absolute atomic E-state index is 13.3. The lowest BCUT2D eigenvalue weighted by Crippen LogP contribution is -2.36. The molecule has 0 radical (unpaired) electrons. The average molecular weight is 602 g/mol. The fourth-order valence-corrected chi connectivity index (χ4v) is 7.51. The molecule has 2 aromatic heterocycles. The number of hydrogen-bond acceptors (Lipinski definition) is 6. The summed E-state index contributed by atoms with van der Waals surface area (Å²) in [4.78, 5) is 34.7. The first-order valence-electron chi connectivity index (χ1n) is 14.7. The van der Waals surface area contributed by atoms with Gasteiger partial charge in [-0.25, -0.2) is 4.79 Å². The SMILES string of the molecule is O=CN(CC(c1ccc(O)cc1)c1cccnc1)c1cc2c(s1)CCN(C(=O)OCC1c3ccccc3-c3ccccc31)C2. The van der Waals surface area contributed by atoms with Crippen LogP contribution in [0.3, 0.4) is 0 Å². The number of thiophene rings is 1. The van der Waals surface area contributed by atoms with Gasteiger partial charge < -0.3 is 19.6 Å². The van der Waals surface area contributed by atoms with Crippen molar-refractivity contribution in [1.29, 1.82) is 0 Å². The predicted octanol–water partition coefficient (Wildman–Crippen LogP) is 6.95. The second-order valence-electron chi connectivity index (χ2n) is 11.2. The topological polar surface area (TPSA) is 83.0 Å². The lowest BCUT2D eigenvalue weighted by atomic mass is 9.92. The number of aromatic hydroxyl groups is 1. The van der Waals surface area contributed by atoms with Crippen molar-refractivity contribution in [3.63, 3.8) is 0 Å². The molecule has 2 amide bonds. The van der Waals surface area contributed by atoms with E-state index in [0.717, 1.165) is 28.1 Å². The summed E-state index contributed by atoms with van der Waals surface area (Å²) >= 11 is 1.60. The van der Waals surface area contributed by atoms with E-state index in [1.165, 1.54) is 27.1 Å². The molecule has 0 saturated heterocycles. The molecule has 220 valence electrons. The fraction of sp³-hybridized carbons (Fsp3) is 0.194. The molecule has 44 heavy (non-hydrogen) atoms. The van der Waals surface area contributed by atoms with Gasteiger partial charge in [0.1, 0.15) is 12.4 Å². The number of aromatic nitrogens is 1. The first-order valence-corrected chi connectivity index (χ1v) is 15.5. The molecule has 3 aromatic carbocycles. The van der Waals surface area contributed by atoms with Crippen molar-refractivity contribution in [2.75, 3.05) is 24.6 Å². The number of hydrogen-bond donors (Lipinski definition) is 1. The first-order chi connectivity index (χ1) is 21.6. The van der Waals surface area contributed by atoms with E-state index in [4.69, 9.17) is 4.74 Å². The second-order valence-corrected chi connectivity index (χ2v) is 12.3. The molecule has 7 rings (SSSR count). The molecule has 2 aliphatic rings. The highest BCUT2D eigenvalue weighted by atomic mass is 32.1. The Morgan fingerprint density at radius 1 is 1.00 bits per heavy atom. The molecule has 7 nitrogen and oxygen atoms in total. The van der Waals surface area contributed by atoms with Crippen molar-refractivity contribution in [2.45, 2.75) is 24.8 Å². The summed E-state index contributed by atoms with van der Waals surface area (Å²) < 4.78 is 5.93. The van der Waals surface area contributed by atoms with Gasteiger partial charge in [-0.1, -0.05) is 66.7 Å². The maximum Gasteiger partial charge on any atom is 0.410 e. The van der Waals surface area contributed by atoms with Crippen LogP contribution in [0.4, 0.5) is 9.80 Å². The fourth-order valence-electron chi connectivity index (χ4n) is 6.37. The van der Waals surface area contributed by atoms with E-state index in [-0.39, 0.29) is 30.3 Å². The van der Waals surface area contributed by atoms with Crippen LogP contribution in [0.25, 0.3) is 11.1 Å². The number of phenolic OH excluding ortho intramolecular Hbond substituents is 1. The minimum Gasteiger partial charge on any atom is -0.508 e. The minimum atomic E-state index is -0.318. The highest BCUT2D eigenvalue weighted by molar-refractivity contribution is 7.16. The molecular weight excluding hydrogens is 570 g/mol. The molecule has 1 N–H and O–H groups in total. The molecule has 1 aliphatic heterocycles. The molecule has 8 heteroatoms. The van der Waals surface area contributed by atoms with Gasteiger partial charge in [0.2, 0.25) is 6.41 Å². The van der Waals surface area contributed by atoms with Crippen LogP contribution in [0.2, 0.25) is 0 Å². The Kier molecular flexibility index (Phi) is 7.58. The van der Waals surface area contributed by atoms with Crippen LogP contribution in [-0.2, 0) is 22.5 Å². The Balaban J connectivity index is 1.05. The van der Waals surface area contributed by atoms with Crippen LogP contribution in [0.1, 0.15) is 44.5 Å². The van der Waals surface area contributed by atoms with Crippen molar-refractivity contribution in [1.82, 2.24) is 9.88 Å². The summed E-state index contributed by atoms with van der Waals surface area (Å²) in [6.45, 7) is 1.71. The number of fused-ring (bicyclic) bond motifs is 4. The number of pyridine rings is 1. The molecule has 0 bridgehead atoms. The Morgan fingerprint density at radius 3 is 2.41 bits per heavy atom. The molecule has 1 aliphatic carbocycles. The maximum atomic E-state index is 13.3. The van der Waals surface area contributed by atoms with Crippen LogP contribution in [0.15, 0.2) is 103 Å². The van der Waals surface area contributed by atoms with Gasteiger partial charge in [-0.3, -0.25) is 9.78 Å². The number of nitrogens with zero attached hydrogens (tertiary/aromatic N) is 3. The van der Waals surface area contributed by atoms with E-state index in [1.807, 2.05) is 60.8 Å². The van der Waals surface area contributed by atoms with Crippen molar-refractivity contribution < 1.29 is 19.4 Å². The number of benzene rings is 3. The van der Waals surface area contributed by atoms with Crippen molar-refractivity contribution >= 4 is 28.8 Å². The summed E-state index contributed by atoms with van der Waals surface area (Å²) in [5, 5.41) is 10.7. The first kappa shape index (κ1) is 27.9. The lowest BCUT2D eigenvalue weighted by Gasteiger charge is -2.27. The smallest absolute Gasteiger partial charge is 0.410 e. The Bertz CT molecular complexity index is 1760. The van der Waals surface area contributed by atoms with Gasteiger partial charge in [-0.2, -0.15) is 0 Å². The van der Waals surface area contributed by atoms with Crippen molar-refractivity contribution in [3.8, 4) is 16.9 Å². The molecule has 0 fully saturated rings. The highest BCUT2D eigenvalue weighted by Crippen LogP contribution is 2.44. The van der Waals surface area contributed by atoms with Gasteiger partial charge >= 0.3 is 6.09 Å². The van der Waals surface area contributed by atoms with Crippen molar-refractivity contribution in [3.05, 3.63) is 136 Å². The zero-order valence-electron chi connectivity index (χ0n) is 24.0. The summed E-state index contributed by atoms with van der Waals surface area (Å²) in [5.41, 5.74) is 7.78. The summed E-state index contributed by atoms with van der Waals surface area (Å²) in [6.07, 6.45) is 4.80. The molecule has 5 aromatic rings. The van der Waals surface area contributed by atoms with E-state index in [2.05, 4.69) is 29.2 Å². The number of carbonyl (C=O) groups is 2. The Hall–Kier alpha value is -4.95. The number of carbonyl (C=O) groups excluding carboxylic acids is 2. The number of amides is 2. The normalized spacial score (nSPS) is 14.3. The molecule has 1 atom stereocenters. The van der Waals surface area contributed by atoms with Crippen LogP contribution in [0, 0.1) is 0 Å². The Morgan fingerprint density at radius 2 is 1.73 bits per heavy atom. The number of ether oxygens (including phenoxy) is 1. The largest absolute Gasteiger partial charge is 0.508 e. The zero-order valence-corrected chi connectivity index (χ0v) is 24.8. The molecule has 0 saturated carbocycles. The molecule has 3 heterocycles. The van der Waals surface area contributed by atoms with E-state index in [1.54, 1.807) is 39.5 Å². The predicted molar refractivity (Wildman–Crippen MR) is 171 cm³/mol. The lowest BCUT2D eigenvalue weighted by molar-refractivity contribution is -0.107. The quantitative estimate of drug-likeness (QED) is 0.195. The van der Waals surface area contributed by atoms with Gasteiger partial charge in [0.15, 0.2) is 0 Å². The summed E-state index contributed by atoms with van der Waals surface area (Å²) in [5.74, 6) is 0.0747. The zero-order chi connectivity index (χ0) is 30.0. The minimum absolute atomic E-state index is 0.0157. The van der Waals surface area contributed by atoms with Crippen LogP contribution in [-0.4, -0.2) is 47.2 Å². The van der Waals surface area contributed by atoms with Gasteiger partial charge in [0.05, 0.1) is 11.5 Å². The standard InChI is InChI=1S/C36H31N3O4S/c40-23-39(21-32(25-6-5-16-37-19-25)24-11-13-27(41)14-12-24)35-18-26-20-38(17-15-34(26)44-35)36(42)43-22-33-30-9-3-1-7-28(30)29-8-2-4-10-31(29)33/h1-14,16,18-19,23,32-33,41H,15,17,20-22H2. The van der Waals surface area contributed by atoms with Crippen LogP contribution in [0.5, 0.6) is 5.75 Å². The number of rotatable bonds is 8. The summed E-state index contributed by atoms with van der Waals surface area (Å²) in [7, 11) is 0. The third-order valence-electron chi connectivity index (χ3n) is 8.62. The highest BCUT2D eigenvalue weighted by Gasteiger charge is 2.31. The van der Waals surface area contributed by atoms with Crippen LogP contribution >= 0.6 is 11.3 Å². The number of phenols is 1. The monoisotopic (exact) mass is 601 g/mol. The summed E-state index contributed by atoms with van der Waals surface area (Å²) in [6, 6.07) is 29.6.